The second-order valence-electron chi connectivity index (χ2n) is 5.95. The van der Waals surface area contributed by atoms with Crippen LogP contribution in [0.1, 0.15) is 27.3 Å². The summed E-state index contributed by atoms with van der Waals surface area (Å²) in [5.74, 6) is 0.285. The molecule has 0 fully saturated rings. The fourth-order valence-electron chi connectivity index (χ4n) is 2.55. The Morgan fingerprint density at radius 2 is 1.81 bits per heavy atom. The molecule has 138 valence electrons. The fourth-order valence-corrected chi connectivity index (χ4v) is 2.55. The van der Waals surface area contributed by atoms with Crippen LogP contribution in [0.15, 0.2) is 60.8 Å². The maximum Gasteiger partial charge on any atom is 0.416 e. The first kappa shape index (κ1) is 18.6. The Balaban J connectivity index is 1.67. The van der Waals surface area contributed by atoms with Gasteiger partial charge in [-0.25, -0.2) is 9.97 Å². The van der Waals surface area contributed by atoms with E-state index in [1.807, 2.05) is 0 Å². The van der Waals surface area contributed by atoms with Crippen molar-refractivity contribution in [2.45, 2.75) is 19.6 Å². The lowest BCUT2D eigenvalue weighted by atomic mass is 10.1. The average molecular weight is 371 g/mol. The van der Waals surface area contributed by atoms with E-state index in [0.717, 1.165) is 23.4 Å². The second kappa shape index (κ2) is 7.57. The zero-order chi connectivity index (χ0) is 19.4. The van der Waals surface area contributed by atoms with Gasteiger partial charge in [0, 0.05) is 23.9 Å². The Bertz CT molecular complexity index is 953. The predicted octanol–water partition coefficient (Wildman–Crippen LogP) is 4.40. The molecule has 0 aliphatic rings. The Morgan fingerprint density at radius 3 is 2.48 bits per heavy atom. The third-order valence-corrected chi connectivity index (χ3v) is 3.93. The van der Waals surface area contributed by atoms with Crippen LogP contribution >= 0.6 is 0 Å². The first-order chi connectivity index (χ1) is 12.8. The van der Waals surface area contributed by atoms with E-state index < -0.39 is 11.7 Å². The van der Waals surface area contributed by atoms with Crippen LogP contribution in [0.25, 0.3) is 11.3 Å². The van der Waals surface area contributed by atoms with Crippen LogP contribution in [0.3, 0.4) is 0 Å². The first-order valence-corrected chi connectivity index (χ1v) is 8.17. The molecule has 27 heavy (non-hydrogen) atoms. The number of hydrogen-bond donors (Lipinski definition) is 1. The van der Waals surface area contributed by atoms with Gasteiger partial charge in [-0.05, 0) is 42.8 Å². The molecule has 0 aliphatic heterocycles. The fraction of sp³-hybridized carbons (Fsp3) is 0.150. The molecule has 7 heteroatoms. The molecule has 2 aromatic carbocycles. The molecule has 0 saturated heterocycles. The van der Waals surface area contributed by atoms with Crippen LogP contribution in [-0.2, 0) is 12.7 Å². The van der Waals surface area contributed by atoms with Crippen molar-refractivity contribution in [3.05, 3.63) is 83.3 Å². The number of aromatic nitrogens is 2. The number of alkyl halides is 3. The van der Waals surface area contributed by atoms with Crippen LogP contribution in [0.2, 0.25) is 0 Å². The van der Waals surface area contributed by atoms with E-state index in [2.05, 4.69) is 15.3 Å². The smallest absolute Gasteiger partial charge is 0.348 e. The molecule has 0 aliphatic carbocycles. The lowest BCUT2D eigenvalue weighted by Gasteiger charge is -2.10. The molecule has 4 nitrogen and oxygen atoms in total. The number of carbonyl (C=O) groups is 1. The minimum Gasteiger partial charge on any atom is -0.348 e. The van der Waals surface area contributed by atoms with Gasteiger partial charge in [-0.2, -0.15) is 13.2 Å². The summed E-state index contributed by atoms with van der Waals surface area (Å²) in [6, 6.07) is 13.5. The molecule has 0 spiro atoms. The highest BCUT2D eigenvalue weighted by Crippen LogP contribution is 2.29. The van der Waals surface area contributed by atoms with E-state index in [4.69, 9.17) is 0 Å². The molecule has 0 bridgehead atoms. The van der Waals surface area contributed by atoms with Crippen LogP contribution in [0, 0.1) is 6.92 Å². The summed E-state index contributed by atoms with van der Waals surface area (Å²) in [6.45, 7) is 1.80. The normalized spacial score (nSPS) is 11.3. The maximum absolute atomic E-state index is 12.7. The lowest BCUT2D eigenvalue weighted by molar-refractivity contribution is -0.137. The molecular weight excluding hydrogens is 355 g/mol. The van der Waals surface area contributed by atoms with Crippen molar-refractivity contribution in [1.82, 2.24) is 15.3 Å². The molecule has 1 N–H and O–H groups in total. The molecule has 3 rings (SSSR count). The van der Waals surface area contributed by atoms with E-state index in [9.17, 15) is 18.0 Å². The minimum atomic E-state index is -4.41. The van der Waals surface area contributed by atoms with Gasteiger partial charge in [0.1, 0.15) is 5.82 Å². The molecule has 0 radical (unpaired) electrons. The summed E-state index contributed by atoms with van der Waals surface area (Å²) < 4.78 is 38.2. The average Bonchev–Trinajstić information content (AvgIpc) is 2.66. The third kappa shape index (κ3) is 4.69. The second-order valence-corrected chi connectivity index (χ2v) is 5.95. The van der Waals surface area contributed by atoms with Crippen molar-refractivity contribution >= 4 is 5.91 Å². The van der Waals surface area contributed by atoms with Gasteiger partial charge in [-0.3, -0.25) is 4.79 Å². The zero-order valence-corrected chi connectivity index (χ0v) is 14.4. The Labute approximate surface area is 154 Å². The van der Waals surface area contributed by atoms with Gasteiger partial charge < -0.3 is 5.32 Å². The number of hydrogen-bond acceptors (Lipinski definition) is 3. The highest BCUT2D eigenvalue weighted by Gasteiger charge is 2.30. The Morgan fingerprint density at radius 1 is 1.07 bits per heavy atom. The van der Waals surface area contributed by atoms with Crippen LogP contribution < -0.4 is 5.32 Å². The molecule has 0 atom stereocenters. The van der Waals surface area contributed by atoms with Crippen LogP contribution in [-0.4, -0.2) is 15.9 Å². The molecule has 1 aromatic heterocycles. The number of carbonyl (C=O) groups excluding carboxylic acids is 1. The maximum atomic E-state index is 12.7. The highest BCUT2D eigenvalue weighted by molar-refractivity contribution is 5.94. The van der Waals surface area contributed by atoms with E-state index in [-0.39, 0.29) is 12.5 Å². The first-order valence-electron chi connectivity index (χ1n) is 8.17. The summed E-state index contributed by atoms with van der Waals surface area (Å²) in [6.07, 6.45) is -2.75. The topological polar surface area (TPSA) is 54.9 Å². The van der Waals surface area contributed by atoms with Gasteiger partial charge in [0.15, 0.2) is 0 Å². The van der Waals surface area contributed by atoms with Crippen molar-refractivity contribution in [2.24, 2.45) is 0 Å². The van der Waals surface area contributed by atoms with E-state index in [1.165, 1.54) is 12.1 Å². The standard InChI is InChI=1S/C20H16F3N3O/c1-13-24-10-9-18(26-13)15-5-7-16(8-6-15)19(27)25-12-14-3-2-4-17(11-14)20(21,22)23/h2-11H,12H2,1H3,(H,25,27). The van der Waals surface area contributed by atoms with E-state index in [0.29, 0.717) is 17.0 Å². The zero-order valence-electron chi connectivity index (χ0n) is 14.4. The SMILES string of the molecule is Cc1nccc(-c2ccc(C(=O)NCc3cccc(C(F)(F)F)c3)cc2)n1. The molecule has 3 aromatic rings. The van der Waals surface area contributed by atoms with Crippen molar-refractivity contribution < 1.29 is 18.0 Å². The number of amides is 1. The largest absolute Gasteiger partial charge is 0.416 e. The summed E-state index contributed by atoms with van der Waals surface area (Å²) in [4.78, 5) is 20.6. The van der Waals surface area contributed by atoms with E-state index >= 15 is 0 Å². The van der Waals surface area contributed by atoms with Gasteiger partial charge in [-0.15, -0.1) is 0 Å². The lowest BCUT2D eigenvalue weighted by Crippen LogP contribution is -2.23. The molecule has 1 amide bonds. The Kier molecular flexibility index (Phi) is 5.21. The number of halogens is 3. The quantitative estimate of drug-likeness (QED) is 0.740. The van der Waals surface area contributed by atoms with E-state index in [1.54, 1.807) is 43.5 Å². The summed E-state index contributed by atoms with van der Waals surface area (Å²) in [5.41, 5.74) is 1.65. The van der Waals surface area contributed by atoms with Gasteiger partial charge in [0.2, 0.25) is 0 Å². The predicted molar refractivity (Wildman–Crippen MR) is 94.8 cm³/mol. The number of rotatable bonds is 4. The van der Waals surface area contributed by atoms with Gasteiger partial charge >= 0.3 is 6.18 Å². The molecule has 0 saturated carbocycles. The van der Waals surface area contributed by atoms with Gasteiger partial charge in [0.05, 0.1) is 11.3 Å². The number of nitrogens with zero attached hydrogens (tertiary/aromatic N) is 2. The van der Waals surface area contributed by atoms with Crippen molar-refractivity contribution in [1.29, 1.82) is 0 Å². The number of aryl methyl sites for hydroxylation is 1. The minimum absolute atomic E-state index is 0.00953. The van der Waals surface area contributed by atoms with Crippen molar-refractivity contribution in [3.8, 4) is 11.3 Å². The summed E-state index contributed by atoms with van der Waals surface area (Å²) in [5, 5.41) is 2.63. The molecular formula is C20H16F3N3O. The monoisotopic (exact) mass is 371 g/mol. The van der Waals surface area contributed by atoms with Crippen LogP contribution in [0.4, 0.5) is 13.2 Å². The summed E-state index contributed by atoms with van der Waals surface area (Å²) in [7, 11) is 0. The summed E-state index contributed by atoms with van der Waals surface area (Å²) >= 11 is 0. The Hall–Kier alpha value is -3.22. The molecule has 1 heterocycles. The van der Waals surface area contributed by atoms with Crippen molar-refractivity contribution in [2.75, 3.05) is 0 Å². The molecule has 0 unspecified atom stereocenters. The van der Waals surface area contributed by atoms with Gasteiger partial charge in [-0.1, -0.05) is 24.3 Å². The van der Waals surface area contributed by atoms with Gasteiger partial charge in [0.25, 0.3) is 5.91 Å². The highest BCUT2D eigenvalue weighted by atomic mass is 19.4. The van der Waals surface area contributed by atoms with Crippen molar-refractivity contribution in [3.63, 3.8) is 0 Å². The number of benzene rings is 2. The third-order valence-electron chi connectivity index (χ3n) is 3.93. The number of nitrogens with one attached hydrogen (secondary N) is 1. The van der Waals surface area contributed by atoms with Crippen LogP contribution in [0.5, 0.6) is 0 Å².